The summed E-state index contributed by atoms with van der Waals surface area (Å²) >= 11 is 0. The molecule has 1 aromatic carbocycles. The third-order valence-electron chi connectivity index (χ3n) is 1.99. The maximum Gasteiger partial charge on any atom is 0.138 e. The molecule has 2 rings (SSSR count). The van der Waals surface area contributed by atoms with Crippen LogP contribution in [0.1, 0.15) is 40.4 Å². The van der Waals surface area contributed by atoms with E-state index in [-0.39, 0.29) is 5.82 Å². The molecule has 0 spiro atoms. The van der Waals surface area contributed by atoms with Gasteiger partial charge in [-0.05, 0) is 18.2 Å². The zero-order valence-electron chi connectivity index (χ0n) is 11.8. The molecule has 0 aliphatic rings. The molecule has 0 aliphatic carbocycles. The highest BCUT2D eigenvalue weighted by molar-refractivity contribution is 5.31. The summed E-state index contributed by atoms with van der Waals surface area (Å²) in [5.74, 6) is 0.565. The van der Waals surface area contributed by atoms with Gasteiger partial charge in [-0.25, -0.2) is 14.1 Å². The van der Waals surface area contributed by atoms with E-state index in [2.05, 4.69) is 10.1 Å². The van der Waals surface area contributed by atoms with Gasteiger partial charge in [0.15, 0.2) is 0 Å². The molecule has 3 nitrogen and oxygen atoms in total. The van der Waals surface area contributed by atoms with E-state index in [1.807, 2.05) is 34.6 Å². The van der Waals surface area contributed by atoms with Gasteiger partial charge in [-0.3, -0.25) is 0 Å². The van der Waals surface area contributed by atoms with E-state index < -0.39 is 0 Å². The fourth-order valence-corrected chi connectivity index (χ4v) is 1.33. The van der Waals surface area contributed by atoms with Crippen LogP contribution in [-0.4, -0.2) is 14.8 Å². The highest BCUT2D eigenvalue weighted by Gasteiger charge is 2.04. The standard InChI is InChI=1S/C10H10FN3.2C2H6/c1-2-10-12-7-13-14(10)9-5-3-4-8(11)6-9;2*1-2/h3-7H,2H2,1H3;2*1-2H3. The van der Waals surface area contributed by atoms with Crippen LogP contribution >= 0.6 is 0 Å². The zero-order valence-corrected chi connectivity index (χ0v) is 11.8. The first-order valence-electron chi connectivity index (χ1n) is 6.46. The SMILES string of the molecule is CC.CC.CCc1ncnn1-c1cccc(F)c1. The van der Waals surface area contributed by atoms with Gasteiger partial charge in [-0.1, -0.05) is 40.7 Å². The Morgan fingerprint density at radius 2 is 1.83 bits per heavy atom. The summed E-state index contributed by atoms with van der Waals surface area (Å²) in [6, 6.07) is 6.31. The molecule has 0 saturated heterocycles. The summed E-state index contributed by atoms with van der Waals surface area (Å²) in [5.41, 5.74) is 0.708. The average molecular weight is 251 g/mol. The normalized spacial score (nSPS) is 8.78. The maximum absolute atomic E-state index is 12.9. The lowest BCUT2D eigenvalue weighted by Crippen LogP contribution is -2.02. The van der Waals surface area contributed by atoms with Crippen LogP contribution < -0.4 is 0 Å². The van der Waals surface area contributed by atoms with E-state index in [1.54, 1.807) is 16.8 Å². The van der Waals surface area contributed by atoms with E-state index >= 15 is 0 Å². The molecule has 0 N–H and O–H groups in total. The summed E-state index contributed by atoms with van der Waals surface area (Å²) in [5, 5.41) is 4.04. The topological polar surface area (TPSA) is 30.7 Å². The van der Waals surface area contributed by atoms with Crippen LogP contribution in [0.3, 0.4) is 0 Å². The summed E-state index contributed by atoms with van der Waals surface area (Å²) in [6.45, 7) is 9.99. The lowest BCUT2D eigenvalue weighted by atomic mass is 10.3. The van der Waals surface area contributed by atoms with Crippen LogP contribution in [0.2, 0.25) is 0 Å². The fraction of sp³-hybridized carbons (Fsp3) is 0.429. The van der Waals surface area contributed by atoms with Crippen molar-refractivity contribution >= 4 is 0 Å². The first kappa shape index (κ1) is 16.3. The lowest BCUT2D eigenvalue weighted by molar-refractivity contribution is 0.624. The fourth-order valence-electron chi connectivity index (χ4n) is 1.33. The Bertz CT molecular complexity index is 438. The minimum Gasteiger partial charge on any atom is -0.220 e. The van der Waals surface area contributed by atoms with Gasteiger partial charge in [-0.2, -0.15) is 5.10 Å². The number of aryl methyl sites for hydroxylation is 1. The first-order valence-corrected chi connectivity index (χ1v) is 6.46. The minimum absolute atomic E-state index is 0.264. The van der Waals surface area contributed by atoms with Crippen molar-refractivity contribution < 1.29 is 4.39 Å². The van der Waals surface area contributed by atoms with Crippen molar-refractivity contribution in [2.75, 3.05) is 0 Å². The summed E-state index contributed by atoms with van der Waals surface area (Å²) in [6.07, 6.45) is 2.25. The molecule has 4 heteroatoms. The largest absolute Gasteiger partial charge is 0.220 e. The van der Waals surface area contributed by atoms with E-state index in [1.165, 1.54) is 18.5 Å². The molecule has 0 atom stereocenters. The Hall–Kier alpha value is -1.71. The molecule has 18 heavy (non-hydrogen) atoms. The van der Waals surface area contributed by atoms with Crippen molar-refractivity contribution in [3.8, 4) is 5.69 Å². The minimum atomic E-state index is -0.264. The number of aromatic nitrogens is 3. The second kappa shape index (κ2) is 9.33. The van der Waals surface area contributed by atoms with Gasteiger partial charge in [0.25, 0.3) is 0 Å². The molecular weight excluding hydrogens is 229 g/mol. The van der Waals surface area contributed by atoms with Crippen molar-refractivity contribution in [3.63, 3.8) is 0 Å². The molecule has 0 fully saturated rings. The maximum atomic E-state index is 12.9. The Morgan fingerprint density at radius 3 is 2.39 bits per heavy atom. The second-order valence-corrected chi connectivity index (χ2v) is 2.92. The van der Waals surface area contributed by atoms with Crippen molar-refractivity contribution in [1.82, 2.24) is 14.8 Å². The molecule has 1 heterocycles. The van der Waals surface area contributed by atoms with E-state index in [4.69, 9.17) is 0 Å². The van der Waals surface area contributed by atoms with Gasteiger partial charge in [0.2, 0.25) is 0 Å². The van der Waals surface area contributed by atoms with Crippen LogP contribution in [0.15, 0.2) is 30.6 Å². The first-order chi connectivity index (χ1) is 8.81. The number of hydrogen-bond acceptors (Lipinski definition) is 2. The van der Waals surface area contributed by atoms with Gasteiger partial charge in [0.05, 0.1) is 5.69 Å². The molecule has 0 unspecified atom stereocenters. The Balaban J connectivity index is 0.000000659. The van der Waals surface area contributed by atoms with Crippen LogP contribution in [-0.2, 0) is 6.42 Å². The van der Waals surface area contributed by atoms with Crippen molar-refractivity contribution in [2.45, 2.75) is 41.0 Å². The van der Waals surface area contributed by atoms with Crippen molar-refractivity contribution in [1.29, 1.82) is 0 Å². The van der Waals surface area contributed by atoms with Crippen molar-refractivity contribution in [3.05, 3.63) is 42.2 Å². The number of hydrogen-bond donors (Lipinski definition) is 0. The summed E-state index contributed by atoms with van der Waals surface area (Å²) in [7, 11) is 0. The average Bonchev–Trinajstić information content (AvgIpc) is 2.91. The molecule has 100 valence electrons. The molecular formula is C14H22FN3. The van der Waals surface area contributed by atoms with Gasteiger partial charge in [0, 0.05) is 6.42 Å². The zero-order chi connectivity index (χ0) is 14.0. The predicted octanol–water partition coefficient (Wildman–Crippen LogP) is 4.02. The second-order valence-electron chi connectivity index (χ2n) is 2.92. The van der Waals surface area contributed by atoms with E-state index in [0.717, 1.165) is 12.2 Å². The Labute approximate surface area is 109 Å². The van der Waals surface area contributed by atoms with Crippen LogP contribution in [0, 0.1) is 5.82 Å². The third kappa shape index (κ3) is 4.28. The van der Waals surface area contributed by atoms with Crippen molar-refractivity contribution in [2.24, 2.45) is 0 Å². The molecule has 0 bridgehead atoms. The number of benzene rings is 1. The highest BCUT2D eigenvalue weighted by Crippen LogP contribution is 2.10. The summed E-state index contributed by atoms with van der Waals surface area (Å²) < 4.78 is 14.6. The number of nitrogens with zero attached hydrogens (tertiary/aromatic N) is 3. The number of rotatable bonds is 2. The van der Waals surface area contributed by atoms with Gasteiger partial charge in [-0.15, -0.1) is 0 Å². The lowest BCUT2D eigenvalue weighted by Gasteiger charge is -2.03. The Kier molecular flexibility index (Phi) is 8.45. The Morgan fingerprint density at radius 1 is 1.17 bits per heavy atom. The molecule has 2 aromatic rings. The van der Waals surface area contributed by atoms with Gasteiger partial charge in [0.1, 0.15) is 18.0 Å². The molecule has 0 amide bonds. The molecule has 1 aromatic heterocycles. The molecule has 0 aliphatic heterocycles. The predicted molar refractivity (Wildman–Crippen MR) is 73.4 cm³/mol. The highest BCUT2D eigenvalue weighted by atomic mass is 19.1. The van der Waals surface area contributed by atoms with Crippen LogP contribution in [0.4, 0.5) is 4.39 Å². The summed E-state index contributed by atoms with van der Waals surface area (Å²) in [4.78, 5) is 4.07. The monoisotopic (exact) mass is 251 g/mol. The van der Waals surface area contributed by atoms with Crippen LogP contribution in [0.5, 0.6) is 0 Å². The van der Waals surface area contributed by atoms with Gasteiger partial charge >= 0.3 is 0 Å². The molecule has 0 radical (unpaired) electrons. The van der Waals surface area contributed by atoms with E-state index in [9.17, 15) is 4.39 Å². The quantitative estimate of drug-likeness (QED) is 0.807. The molecule has 0 saturated carbocycles. The van der Waals surface area contributed by atoms with E-state index in [0.29, 0.717) is 5.69 Å². The van der Waals surface area contributed by atoms with Gasteiger partial charge < -0.3 is 0 Å². The van der Waals surface area contributed by atoms with Crippen LogP contribution in [0.25, 0.3) is 5.69 Å². The number of halogens is 1. The third-order valence-corrected chi connectivity index (χ3v) is 1.99. The smallest absolute Gasteiger partial charge is 0.138 e.